The lowest BCUT2D eigenvalue weighted by atomic mass is 10.2. The van der Waals surface area contributed by atoms with Crippen molar-refractivity contribution >= 4 is 5.96 Å². The summed E-state index contributed by atoms with van der Waals surface area (Å²) >= 11 is 0. The molecule has 1 aromatic rings. The maximum Gasteiger partial charge on any atom is 0.191 e. The Morgan fingerprint density at radius 3 is 2.76 bits per heavy atom. The maximum atomic E-state index is 5.92. The van der Waals surface area contributed by atoms with Crippen LogP contribution in [0.1, 0.15) is 38.7 Å². The number of guanidine groups is 1. The molecule has 4 heteroatoms. The Morgan fingerprint density at radius 2 is 2.05 bits per heavy atom. The minimum Gasteiger partial charge on any atom is -0.493 e. The highest BCUT2D eigenvalue weighted by Crippen LogP contribution is 2.30. The molecule has 0 amide bonds. The summed E-state index contributed by atoms with van der Waals surface area (Å²) in [6.07, 6.45) is 3.71. The first-order valence-corrected chi connectivity index (χ1v) is 8.06. The van der Waals surface area contributed by atoms with Crippen LogP contribution in [-0.4, -0.2) is 25.7 Å². The van der Waals surface area contributed by atoms with Gasteiger partial charge >= 0.3 is 0 Å². The molecule has 0 spiro atoms. The third-order valence-electron chi connectivity index (χ3n) is 3.44. The van der Waals surface area contributed by atoms with Crippen molar-refractivity contribution in [3.63, 3.8) is 0 Å². The number of ether oxygens (including phenoxy) is 1. The van der Waals surface area contributed by atoms with E-state index >= 15 is 0 Å². The molecule has 116 valence electrons. The molecular formula is C17H27N3O. The summed E-state index contributed by atoms with van der Waals surface area (Å²) in [5.41, 5.74) is 1.15. The Balaban J connectivity index is 1.95. The maximum absolute atomic E-state index is 5.92. The van der Waals surface area contributed by atoms with E-state index in [0.29, 0.717) is 6.54 Å². The molecule has 1 aliphatic carbocycles. The van der Waals surface area contributed by atoms with Crippen molar-refractivity contribution in [1.82, 2.24) is 10.6 Å². The predicted molar refractivity (Wildman–Crippen MR) is 87.8 cm³/mol. The highest BCUT2D eigenvalue weighted by Gasteiger charge is 2.22. The summed E-state index contributed by atoms with van der Waals surface area (Å²) < 4.78 is 5.92. The Morgan fingerprint density at radius 1 is 1.24 bits per heavy atom. The molecule has 0 heterocycles. The van der Waals surface area contributed by atoms with E-state index in [1.807, 2.05) is 18.2 Å². The van der Waals surface area contributed by atoms with Crippen LogP contribution >= 0.6 is 0 Å². The van der Waals surface area contributed by atoms with Gasteiger partial charge in [-0.25, -0.2) is 4.99 Å². The molecule has 0 atom stereocenters. The van der Waals surface area contributed by atoms with Gasteiger partial charge in [0, 0.05) is 18.7 Å². The zero-order valence-corrected chi connectivity index (χ0v) is 13.2. The van der Waals surface area contributed by atoms with Crippen LogP contribution in [0.15, 0.2) is 29.3 Å². The highest BCUT2D eigenvalue weighted by molar-refractivity contribution is 5.79. The summed E-state index contributed by atoms with van der Waals surface area (Å²) in [5, 5.41) is 6.58. The summed E-state index contributed by atoms with van der Waals surface area (Å²) in [6, 6.07) is 8.20. The van der Waals surface area contributed by atoms with Crippen molar-refractivity contribution < 1.29 is 4.74 Å². The summed E-state index contributed by atoms with van der Waals surface area (Å²) in [6.45, 7) is 7.52. The average molecular weight is 289 g/mol. The van der Waals surface area contributed by atoms with Crippen LogP contribution in [0.4, 0.5) is 0 Å². The van der Waals surface area contributed by atoms with Crippen LogP contribution in [0.2, 0.25) is 0 Å². The van der Waals surface area contributed by atoms with Gasteiger partial charge in [0.15, 0.2) is 5.96 Å². The second-order valence-corrected chi connectivity index (χ2v) is 5.48. The predicted octanol–water partition coefficient (Wildman–Crippen LogP) is 2.94. The van der Waals surface area contributed by atoms with Crippen LogP contribution in [0.25, 0.3) is 0 Å². The molecule has 4 nitrogen and oxygen atoms in total. The summed E-state index contributed by atoms with van der Waals surface area (Å²) in [4.78, 5) is 4.64. The molecule has 1 fully saturated rings. The van der Waals surface area contributed by atoms with Crippen molar-refractivity contribution in [3.8, 4) is 5.75 Å². The molecule has 0 saturated heterocycles. The first-order chi connectivity index (χ1) is 10.3. The molecule has 1 aromatic carbocycles. The van der Waals surface area contributed by atoms with Crippen LogP contribution < -0.4 is 15.4 Å². The van der Waals surface area contributed by atoms with Crippen LogP contribution in [0.3, 0.4) is 0 Å². The molecule has 0 unspecified atom stereocenters. The lowest BCUT2D eigenvalue weighted by Gasteiger charge is -2.12. The molecule has 0 aromatic heterocycles. The molecule has 1 aliphatic rings. The fraction of sp³-hybridized carbons (Fsp3) is 0.588. The van der Waals surface area contributed by atoms with E-state index in [4.69, 9.17) is 4.74 Å². The fourth-order valence-electron chi connectivity index (χ4n) is 2.02. The van der Waals surface area contributed by atoms with Gasteiger partial charge in [0.1, 0.15) is 5.75 Å². The van der Waals surface area contributed by atoms with E-state index in [0.717, 1.165) is 49.3 Å². The molecule has 2 rings (SSSR count). The molecule has 0 radical (unpaired) electrons. The van der Waals surface area contributed by atoms with Crippen molar-refractivity contribution in [2.75, 3.05) is 19.7 Å². The average Bonchev–Trinajstić information content (AvgIpc) is 3.33. The van der Waals surface area contributed by atoms with E-state index in [9.17, 15) is 0 Å². The Kier molecular flexibility index (Phi) is 6.38. The van der Waals surface area contributed by atoms with Crippen LogP contribution in [-0.2, 0) is 6.54 Å². The molecule has 0 aliphatic heterocycles. The third kappa shape index (κ3) is 5.66. The fourth-order valence-corrected chi connectivity index (χ4v) is 2.02. The second kappa shape index (κ2) is 8.55. The lowest BCUT2D eigenvalue weighted by molar-refractivity contribution is 0.297. The first kappa shape index (κ1) is 15.7. The normalized spacial score (nSPS) is 14.9. The number of nitrogens with zero attached hydrogens (tertiary/aromatic N) is 1. The Bertz CT molecular complexity index is 455. The van der Waals surface area contributed by atoms with E-state index in [1.54, 1.807) is 0 Å². The molecule has 2 N–H and O–H groups in total. The number of rotatable bonds is 8. The van der Waals surface area contributed by atoms with Crippen molar-refractivity contribution in [3.05, 3.63) is 29.8 Å². The van der Waals surface area contributed by atoms with Crippen LogP contribution in [0, 0.1) is 5.92 Å². The third-order valence-corrected chi connectivity index (χ3v) is 3.44. The second-order valence-electron chi connectivity index (χ2n) is 5.48. The minimum absolute atomic E-state index is 0.639. The van der Waals surface area contributed by atoms with E-state index in [2.05, 4.69) is 35.5 Å². The zero-order valence-electron chi connectivity index (χ0n) is 13.2. The summed E-state index contributed by atoms with van der Waals surface area (Å²) in [7, 11) is 0. The van der Waals surface area contributed by atoms with Gasteiger partial charge in [0.2, 0.25) is 0 Å². The highest BCUT2D eigenvalue weighted by atomic mass is 16.5. The van der Waals surface area contributed by atoms with Gasteiger partial charge in [0.25, 0.3) is 0 Å². The van der Waals surface area contributed by atoms with Gasteiger partial charge in [-0.3, -0.25) is 0 Å². The number of hydrogen-bond acceptors (Lipinski definition) is 2. The summed E-state index contributed by atoms with van der Waals surface area (Å²) in [5.74, 6) is 2.61. The quantitative estimate of drug-likeness (QED) is 0.571. The van der Waals surface area contributed by atoms with Crippen molar-refractivity contribution in [2.45, 2.75) is 39.7 Å². The van der Waals surface area contributed by atoms with Gasteiger partial charge in [-0.2, -0.15) is 0 Å². The lowest BCUT2D eigenvalue weighted by Crippen LogP contribution is -2.37. The van der Waals surface area contributed by atoms with E-state index in [1.165, 1.54) is 12.8 Å². The zero-order chi connectivity index (χ0) is 14.9. The first-order valence-electron chi connectivity index (χ1n) is 8.06. The van der Waals surface area contributed by atoms with Gasteiger partial charge in [-0.1, -0.05) is 25.1 Å². The number of para-hydroxylation sites is 1. The molecule has 1 saturated carbocycles. The van der Waals surface area contributed by atoms with E-state index < -0.39 is 0 Å². The Hall–Kier alpha value is -1.71. The SMILES string of the molecule is CCCNC(=NCc1ccccc1OCC1CC1)NCC. The number of hydrogen-bond donors (Lipinski definition) is 2. The van der Waals surface area contributed by atoms with Crippen molar-refractivity contribution in [2.24, 2.45) is 10.9 Å². The monoisotopic (exact) mass is 289 g/mol. The van der Waals surface area contributed by atoms with Crippen molar-refractivity contribution in [1.29, 1.82) is 0 Å². The van der Waals surface area contributed by atoms with Gasteiger partial charge in [0.05, 0.1) is 13.2 Å². The van der Waals surface area contributed by atoms with Crippen LogP contribution in [0.5, 0.6) is 5.75 Å². The molecule has 21 heavy (non-hydrogen) atoms. The van der Waals surface area contributed by atoms with Gasteiger partial charge in [-0.15, -0.1) is 0 Å². The number of nitrogens with one attached hydrogen (secondary N) is 2. The smallest absolute Gasteiger partial charge is 0.191 e. The largest absolute Gasteiger partial charge is 0.493 e. The number of aliphatic imine (C=N–C) groups is 1. The van der Waals surface area contributed by atoms with Gasteiger partial charge < -0.3 is 15.4 Å². The standard InChI is InChI=1S/C17H27N3O/c1-3-11-19-17(18-4-2)20-12-15-7-5-6-8-16(15)21-13-14-9-10-14/h5-8,14H,3-4,9-13H2,1-2H3,(H2,18,19,20). The topological polar surface area (TPSA) is 45.7 Å². The number of benzene rings is 1. The van der Waals surface area contributed by atoms with E-state index in [-0.39, 0.29) is 0 Å². The van der Waals surface area contributed by atoms with Gasteiger partial charge in [-0.05, 0) is 38.2 Å². The minimum atomic E-state index is 0.639. The molecule has 0 bridgehead atoms. The Labute approximate surface area is 128 Å². The molecular weight excluding hydrogens is 262 g/mol.